The highest BCUT2D eigenvalue weighted by molar-refractivity contribution is 7.92. The molecule has 1 N–H and O–H groups in total. The maximum absolute atomic E-state index is 13.4. The van der Waals surface area contributed by atoms with Crippen molar-refractivity contribution < 1.29 is 25.6 Å². The summed E-state index contributed by atoms with van der Waals surface area (Å²) in [6.45, 7) is 2.46. The Labute approximate surface area is 163 Å². The predicted molar refractivity (Wildman–Crippen MR) is 101 cm³/mol. The first-order valence-electron chi connectivity index (χ1n) is 8.69. The molecule has 0 bridgehead atoms. The van der Waals surface area contributed by atoms with E-state index in [4.69, 9.17) is 0 Å². The average molecular weight is 430 g/mol. The van der Waals surface area contributed by atoms with Gasteiger partial charge in [0.05, 0.1) is 15.5 Å². The molecule has 1 aliphatic rings. The SMILES string of the molecule is Cc1ccc(NS(=O)(=O)c2cc(F)cc(F)c2)cc1S(=O)(=O)N1CCCCC1. The highest BCUT2D eigenvalue weighted by Crippen LogP contribution is 2.27. The molecule has 0 atom stereocenters. The molecule has 2 aromatic carbocycles. The topological polar surface area (TPSA) is 83.5 Å². The van der Waals surface area contributed by atoms with Crippen LogP contribution in [0.4, 0.5) is 14.5 Å². The third-order valence-corrected chi connectivity index (χ3v) is 7.92. The second-order valence-electron chi connectivity index (χ2n) is 6.66. The van der Waals surface area contributed by atoms with Gasteiger partial charge in [-0.2, -0.15) is 4.31 Å². The van der Waals surface area contributed by atoms with Crippen molar-refractivity contribution in [3.63, 3.8) is 0 Å². The van der Waals surface area contributed by atoms with Gasteiger partial charge in [-0.3, -0.25) is 4.72 Å². The number of sulfonamides is 2. The van der Waals surface area contributed by atoms with E-state index < -0.39 is 36.6 Å². The molecule has 1 heterocycles. The van der Waals surface area contributed by atoms with Crippen molar-refractivity contribution in [3.8, 4) is 0 Å². The zero-order valence-corrected chi connectivity index (χ0v) is 16.8. The molecular formula is C18H20F2N2O4S2. The van der Waals surface area contributed by atoms with E-state index in [0.717, 1.165) is 19.3 Å². The first kappa shape index (κ1) is 20.7. The van der Waals surface area contributed by atoms with E-state index in [2.05, 4.69) is 4.72 Å². The molecular weight excluding hydrogens is 410 g/mol. The van der Waals surface area contributed by atoms with Crippen molar-refractivity contribution in [2.45, 2.75) is 36.0 Å². The van der Waals surface area contributed by atoms with Crippen molar-refractivity contribution in [3.05, 3.63) is 53.6 Å². The summed E-state index contributed by atoms with van der Waals surface area (Å²) in [5, 5.41) is 0. The van der Waals surface area contributed by atoms with Gasteiger partial charge in [0.2, 0.25) is 10.0 Å². The summed E-state index contributed by atoms with van der Waals surface area (Å²) < 4.78 is 81.1. The molecule has 0 saturated carbocycles. The van der Waals surface area contributed by atoms with Crippen molar-refractivity contribution in [1.29, 1.82) is 0 Å². The number of halogens is 2. The normalized spacial score (nSPS) is 16.1. The maximum atomic E-state index is 13.4. The minimum atomic E-state index is -4.30. The molecule has 0 aromatic heterocycles. The largest absolute Gasteiger partial charge is 0.280 e. The monoisotopic (exact) mass is 430 g/mol. The van der Waals surface area contributed by atoms with Crippen molar-refractivity contribution in [2.24, 2.45) is 0 Å². The van der Waals surface area contributed by atoms with Gasteiger partial charge in [0.15, 0.2) is 0 Å². The van der Waals surface area contributed by atoms with E-state index >= 15 is 0 Å². The molecule has 2 aromatic rings. The first-order chi connectivity index (χ1) is 13.1. The van der Waals surface area contributed by atoms with Crippen LogP contribution in [-0.4, -0.2) is 34.2 Å². The quantitative estimate of drug-likeness (QED) is 0.789. The molecule has 1 saturated heterocycles. The van der Waals surface area contributed by atoms with E-state index in [1.807, 2.05) is 0 Å². The average Bonchev–Trinajstić information content (AvgIpc) is 2.63. The van der Waals surface area contributed by atoms with Crippen LogP contribution in [0.1, 0.15) is 24.8 Å². The number of nitrogens with zero attached hydrogens (tertiary/aromatic N) is 1. The minimum Gasteiger partial charge on any atom is -0.280 e. The van der Waals surface area contributed by atoms with E-state index in [0.29, 0.717) is 36.9 Å². The fourth-order valence-electron chi connectivity index (χ4n) is 3.08. The van der Waals surface area contributed by atoms with Gasteiger partial charge in [-0.1, -0.05) is 12.5 Å². The molecule has 1 aliphatic heterocycles. The Bertz CT molecular complexity index is 1080. The second kappa shape index (κ2) is 7.76. The van der Waals surface area contributed by atoms with Gasteiger partial charge in [-0.05, 0) is 49.6 Å². The molecule has 0 amide bonds. The number of aryl methyl sites for hydroxylation is 1. The summed E-state index contributed by atoms with van der Waals surface area (Å²) in [4.78, 5) is -0.592. The zero-order chi connectivity index (χ0) is 20.5. The van der Waals surface area contributed by atoms with Gasteiger partial charge < -0.3 is 0 Å². The van der Waals surface area contributed by atoms with Crippen molar-refractivity contribution in [2.75, 3.05) is 17.8 Å². The van der Waals surface area contributed by atoms with Crippen molar-refractivity contribution >= 4 is 25.7 Å². The predicted octanol–water partition coefficient (Wildman–Crippen LogP) is 3.25. The van der Waals surface area contributed by atoms with Gasteiger partial charge in [-0.15, -0.1) is 0 Å². The Morgan fingerprint density at radius 1 is 0.893 bits per heavy atom. The summed E-state index contributed by atoms with van der Waals surface area (Å²) in [6.07, 6.45) is 2.51. The summed E-state index contributed by atoms with van der Waals surface area (Å²) >= 11 is 0. The fourth-order valence-corrected chi connectivity index (χ4v) is 5.94. The molecule has 0 radical (unpaired) electrons. The second-order valence-corrected chi connectivity index (χ2v) is 10.2. The van der Waals surface area contributed by atoms with Crippen LogP contribution in [-0.2, 0) is 20.0 Å². The lowest BCUT2D eigenvalue weighted by molar-refractivity contribution is 0.346. The number of hydrogen-bond acceptors (Lipinski definition) is 4. The van der Waals surface area contributed by atoms with Gasteiger partial charge >= 0.3 is 0 Å². The molecule has 1 fully saturated rings. The number of rotatable bonds is 5. The van der Waals surface area contributed by atoms with Crippen LogP contribution in [0.25, 0.3) is 0 Å². The lowest BCUT2D eigenvalue weighted by atomic mass is 10.2. The molecule has 3 rings (SSSR count). The number of anilines is 1. The van der Waals surface area contributed by atoms with E-state index in [9.17, 15) is 25.6 Å². The molecule has 0 unspecified atom stereocenters. The zero-order valence-electron chi connectivity index (χ0n) is 15.2. The van der Waals surface area contributed by atoms with Crippen LogP contribution < -0.4 is 4.72 Å². The van der Waals surface area contributed by atoms with Gasteiger partial charge in [0.25, 0.3) is 10.0 Å². The standard InChI is InChI=1S/C18H20F2N2O4S2/c1-13-5-6-16(12-18(13)28(25,26)22-7-3-2-4-8-22)21-27(23,24)17-10-14(19)9-15(20)11-17/h5-6,9-12,21H,2-4,7-8H2,1H3. The molecule has 28 heavy (non-hydrogen) atoms. The number of piperidine rings is 1. The lowest BCUT2D eigenvalue weighted by Gasteiger charge is -2.26. The van der Waals surface area contributed by atoms with Crippen LogP contribution in [0.3, 0.4) is 0 Å². The van der Waals surface area contributed by atoms with E-state index in [1.54, 1.807) is 6.92 Å². The lowest BCUT2D eigenvalue weighted by Crippen LogP contribution is -2.36. The summed E-state index contributed by atoms with van der Waals surface area (Å²) in [5.41, 5.74) is 0.469. The highest BCUT2D eigenvalue weighted by Gasteiger charge is 2.28. The molecule has 6 nitrogen and oxygen atoms in total. The number of hydrogen-bond donors (Lipinski definition) is 1. The summed E-state index contributed by atoms with van der Waals surface area (Å²) in [7, 11) is -8.07. The van der Waals surface area contributed by atoms with E-state index in [-0.39, 0.29) is 10.6 Å². The summed E-state index contributed by atoms with van der Waals surface area (Å²) in [5.74, 6) is -2.06. The first-order valence-corrected chi connectivity index (χ1v) is 11.6. The molecule has 0 aliphatic carbocycles. The van der Waals surface area contributed by atoms with E-state index in [1.165, 1.54) is 22.5 Å². The summed E-state index contributed by atoms with van der Waals surface area (Å²) in [6, 6.07) is 6.05. The molecule has 152 valence electrons. The smallest absolute Gasteiger partial charge is 0.262 e. The van der Waals surface area contributed by atoms with Crippen LogP contribution in [0, 0.1) is 18.6 Å². The Hall–Kier alpha value is -2.04. The van der Waals surface area contributed by atoms with Crippen LogP contribution in [0.2, 0.25) is 0 Å². The van der Waals surface area contributed by atoms with Gasteiger partial charge in [0.1, 0.15) is 11.6 Å². The van der Waals surface area contributed by atoms with Crippen LogP contribution >= 0.6 is 0 Å². The van der Waals surface area contributed by atoms with Gasteiger partial charge in [0, 0.05) is 19.2 Å². The molecule has 10 heteroatoms. The Morgan fingerprint density at radius 2 is 1.50 bits per heavy atom. The third kappa shape index (κ3) is 4.34. The number of benzene rings is 2. The third-order valence-electron chi connectivity index (χ3n) is 4.52. The van der Waals surface area contributed by atoms with Gasteiger partial charge in [-0.25, -0.2) is 25.6 Å². The fraction of sp³-hybridized carbons (Fsp3) is 0.333. The Kier molecular flexibility index (Phi) is 5.74. The highest BCUT2D eigenvalue weighted by atomic mass is 32.2. The van der Waals surface area contributed by atoms with Crippen LogP contribution in [0.15, 0.2) is 46.2 Å². The number of nitrogens with one attached hydrogen (secondary N) is 1. The minimum absolute atomic E-state index is 0.0000211. The maximum Gasteiger partial charge on any atom is 0.262 e. The van der Waals surface area contributed by atoms with Crippen LogP contribution in [0.5, 0.6) is 0 Å². The Balaban J connectivity index is 1.95. The Morgan fingerprint density at radius 3 is 2.11 bits per heavy atom. The molecule has 0 spiro atoms. The van der Waals surface area contributed by atoms with Crippen molar-refractivity contribution in [1.82, 2.24) is 4.31 Å².